The Bertz CT molecular complexity index is 481. The quantitative estimate of drug-likeness (QED) is 0.625. The molecule has 1 aliphatic heterocycles. The summed E-state index contributed by atoms with van der Waals surface area (Å²) in [5.74, 6) is 2.23. The zero-order chi connectivity index (χ0) is 15.4. The van der Waals surface area contributed by atoms with Gasteiger partial charge in [-0.3, -0.25) is 4.99 Å². The molecule has 0 aromatic carbocycles. The van der Waals surface area contributed by atoms with Gasteiger partial charge in [-0.25, -0.2) is 0 Å². The minimum atomic E-state index is 0.524. The van der Waals surface area contributed by atoms with Gasteiger partial charge in [0.05, 0.1) is 0 Å². The van der Waals surface area contributed by atoms with E-state index < -0.39 is 0 Å². The molecule has 0 amide bonds. The molecule has 1 aromatic rings. The number of likely N-dealkylation sites (tertiary alicyclic amines) is 1. The van der Waals surface area contributed by atoms with Gasteiger partial charge in [0.15, 0.2) is 5.96 Å². The lowest BCUT2D eigenvalue weighted by Gasteiger charge is -2.18. The fourth-order valence-corrected chi connectivity index (χ4v) is 3.97. The summed E-state index contributed by atoms with van der Waals surface area (Å²) in [6.45, 7) is 6.78. The van der Waals surface area contributed by atoms with E-state index in [2.05, 4.69) is 45.0 Å². The normalized spacial score (nSPS) is 24.5. The zero-order valence-electron chi connectivity index (χ0n) is 13.7. The first-order valence-electron chi connectivity index (χ1n) is 8.48. The molecule has 2 N–H and O–H groups in total. The molecule has 4 nitrogen and oxygen atoms in total. The highest BCUT2D eigenvalue weighted by Gasteiger charge is 2.34. The lowest BCUT2D eigenvalue weighted by atomic mass is 10.1. The van der Waals surface area contributed by atoms with Crippen LogP contribution in [0.4, 0.5) is 0 Å². The topological polar surface area (TPSA) is 39.7 Å². The minimum absolute atomic E-state index is 0.524. The average Bonchev–Trinajstić information content (AvgIpc) is 3.05. The fraction of sp³-hybridized carbons (Fsp3) is 0.706. The highest BCUT2D eigenvalue weighted by molar-refractivity contribution is 7.10. The average molecular weight is 321 g/mol. The molecule has 1 aliphatic carbocycles. The SMILES string of the molecule is CN=C(NCC1CCN(C2CC2)C1)NCC(C)c1cccs1. The molecule has 2 heterocycles. The van der Waals surface area contributed by atoms with Gasteiger partial charge >= 0.3 is 0 Å². The highest BCUT2D eigenvalue weighted by atomic mass is 32.1. The number of nitrogens with zero attached hydrogens (tertiary/aromatic N) is 2. The van der Waals surface area contributed by atoms with Crippen LogP contribution < -0.4 is 10.6 Å². The van der Waals surface area contributed by atoms with Crippen molar-refractivity contribution in [3.63, 3.8) is 0 Å². The summed E-state index contributed by atoms with van der Waals surface area (Å²) in [4.78, 5) is 8.45. The Balaban J connectivity index is 1.37. The number of rotatable bonds is 6. The number of nitrogens with one attached hydrogen (secondary N) is 2. The van der Waals surface area contributed by atoms with Gasteiger partial charge in [0.25, 0.3) is 0 Å². The first-order valence-corrected chi connectivity index (χ1v) is 9.36. The van der Waals surface area contributed by atoms with E-state index in [1.807, 2.05) is 18.4 Å². The number of thiophene rings is 1. The smallest absolute Gasteiger partial charge is 0.191 e. The van der Waals surface area contributed by atoms with Crippen molar-refractivity contribution >= 4 is 17.3 Å². The summed E-state index contributed by atoms with van der Waals surface area (Å²) < 4.78 is 0. The molecular formula is C17H28N4S. The standard InChI is InChI=1S/C17H28N4S/c1-13(16-4-3-9-22-16)10-19-17(18-2)20-11-14-7-8-21(12-14)15-5-6-15/h3-4,9,13-15H,5-8,10-12H2,1-2H3,(H2,18,19,20). The maximum atomic E-state index is 4.35. The molecule has 2 aliphatic rings. The Morgan fingerprint density at radius 3 is 2.95 bits per heavy atom. The molecule has 5 heteroatoms. The van der Waals surface area contributed by atoms with E-state index in [1.165, 1.54) is 37.2 Å². The molecule has 2 unspecified atom stereocenters. The van der Waals surface area contributed by atoms with E-state index in [0.717, 1.165) is 31.0 Å². The molecular weight excluding hydrogens is 292 g/mol. The lowest BCUT2D eigenvalue weighted by Crippen LogP contribution is -2.41. The number of aliphatic imine (C=N–C) groups is 1. The van der Waals surface area contributed by atoms with Gasteiger partial charge in [0.1, 0.15) is 0 Å². The van der Waals surface area contributed by atoms with Crippen molar-refractivity contribution in [1.29, 1.82) is 0 Å². The predicted molar refractivity (Wildman–Crippen MR) is 94.8 cm³/mol. The Morgan fingerprint density at radius 2 is 2.27 bits per heavy atom. The zero-order valence-corrected chi connectivity index (χ0v) is 14.5. The Morgan fingerprint density at radius 1 is 1.41 bits per heavy atom. The van der Waals surface area contributed by atoms with Gasteiger partial charge < -0.3 is 15.5 Å². The summed E-state index contributed by atoms with van der Waals surface area (Å²) in [6.07, 6.45) is 4.17. The van der Waals surface area contributed by atoms with Crippen molar-refractivity contribution in [3.8, 4) is 0 Å². The molecule has 2 fully saturated rings. The maximum Gasteiger partial charge on any atom is 0.191 e. The van der Waals surface area contributed by atoms with Gasteiger partial charge in [-0.15, -0.1) is 11.3 Å². The van der Waals surface area contributed by atoms with Crippen LogP contribution in [0.5, 0.6) is 0 Å². The van der Waals surface area contributed by atoms with Crippen LogP contribution in [0.15, 0.2) is 22.5 Å². The van der Waals surface area contributed by atoms with Crippen molar-refractivity contribution in [2.24, 2.45) is 10.9 Å². The van der Waals surface area contributed by atoms with Gasteiger partial charge in [0.2, 0.25) is 0 Å². The Labute approximate surface area is 138 Å². The number of guanidine groups is 1. The van der Waals surface area contributed by atoms with E-state index in [0.29, 0.717) is 5.92 Å². The molecule has 0 bridgehead atoms. The monoisotopic (exact) mass is 320 g/mol. The number of hydrogen-bond donors (Lipinski definition) is 2. The van der Waals surface area contributed by atoms with Crippen LogP contribution in [0.1, 0.15) is 37.0 Å². The predicted octanol–water partition coefficient (Wildman–Crippen LogP) is 2.50. The molecule has 22 heavy (non-hydrogen) atoms. The van der Waals surface area contributed by atoms with E-state index in [-0.39, 0.29) is 0 Å². The third kappa shape index (κ3) is 4.23. The van der Waals surface area contributed by atoms with E-state index in [4.69, 9.17) is 0 Å². The largest absolute Gasteiger partial charge is 0.356 e. The second kappa shape index (κ2) is 7.47. The van der Waals surface area contributed by atoms with E-state index in [1.54, 1.807) is 0 Å². The minimum Gasteiger partial charge on any atom is -0.356 e. The van der Waals surface area contributed by atoms with Crippen LogP contribution in [0.2, 0.25) is 0 Å². The van der Waals surface area contributed by atoms with Crippen molar-refractivity contribution in [3.05, 3.63) is 22.4 Å². The third-order valence-corrected chi connectivity index (χ3v) is 5.87. The van der Waals surface area contributed by atoms with Crippen LogP contribution in [0, 0.1) is 5.92 Å². The van der Waals surface area contributed by atoms with Gasteiger partial charge in [-0.2, -0.15) is 0 Å². The van der Waals surface area contributed by atoms with Gasteiger partial charge in [0, 0.05) is 43.5 Å². The van der Waals surface area contributed by atoms with Crippen molar-refractivity contribution < 1.29 is 0 Å². The van der Waals surface area contributed by atoms with Crippen LogP contribution in [0.25, 0.3) is 0 Å². The van der Waals surface area contributed by atoms with Crippen molar-refractivity contribution in [1.82, 2.24) is 15.5 Å². The summed E-state index contributed by atoms with van der Waals surface area (Å²) in [5, 5.41) is 9.11. The van der Waals surface area contributed by atoms with Gasteiger partial charge in [-0.05, 0) is 43.2 Å². The summed E-state index contributed by atoms with van der Waals surface area (Å²) in [5.41, 5.74) is 0. The first kappa shape index (κ1) is 15.8. The molecule has 3 rings (SSSR count). The second-order valence-electron chi connectivity index (χ2n) is 6.63. The van der Waals surface area contributed by atoms with Crippen molar-refractivity contribution in [2.75, 3.05) is 33.2 Å². The van der Waals surface area contributed by atoms with Crippen LogP contribution in [0.3, 0.4) is 0 Å². The summed E-state index contributed by atoms with van der Waals surface area (Å²) in [7, 11) is 1.86. The number of hydrogen-bond acceptors (Lipinski definition) is 3. The van der Waals surface area contributed by atoms with Crippen LogP contribution in [-0.4, -0.2) is 50.1 Å². The van der Waals surface area contributed by atoms with Crippen LogP contribution in [-0.2, 0) is 0 Å². The van der Waals surface area contributed by atoms with Gasteiger partial charge in [-0.1, -0.05) is 13.0 Å². The van der Waals surface area contributed by atoms with Crippen LogP contribution >= 0.6 is 11.3 Å². The third-order valence-electron chi connectivity index (χ3n) is 4.77. The maximum absolute atomic E-state index is 4.35. The molecule has 122 valence electrons. The molecule has 0 spiro atoms. The van der Waals surface area contributed by atoms with E-state index >= 15 is 0 Å². The lowest BCUT2D eigenvalue weighted by molar-refractivity contribution is 0.314. The van der Waals surface area contributed by atoms with E-state index in [9.17, 15) is 0 Å². The fourth-order valence-electron chi connectivity index (χ4n) is 3.18. The molecule has 1 saturated heterocycles. The molecule has 1 aromatic heterocycles. The highest BCUT2D eigenvalue weighted by Crippen LogP contribution is 2.31. The Hall–Kier alpha value is -1.07. The molecule has 1 saturated carbocycles. The Kier molecular flexibility index (Phi) is 5.37. The van der Waals surface area contributed by atoms with Crippen molar-refractivity contribution in [2.45, 2.75) is 38.1 Å². The summed E-state index contributed by atoms with van der Waals surface area (Å²) >= 11 is 1.83. The first-order chi connectivity index (χ1) is 10.8. The second-order valence-corrected chi connectivity index (χ2v) is 7.61. The molecule has 2 atom stereocenters. The summed E-state index contributed by atoms with van der Waals surface area (Å²) in [6, 6.07) is 5.24. The molecule has 0 radical (unpaired) electrons.